The lowest BCUT2D eigenvalue weighted by molar-refractivity contribution is -0.0483. The molecule has 0 aromatic heterocycles. The van der Waals surface area contributed by atoms with Gasteiger partial charge in [0.2, 0.25) is 0 Å². The fourth-order valence-electron chi connectivity index (χ4n) is 2.56. The Kier molecular flexibility index (Phi) is 4.66. The van der Waals surface area contributed by atoms with Crippen LogP contribution in [0.1, 0.15) is 35.7 Å². The number of hydrogen-bond donors (Lipinski definition) is 2. The largest absolute Gasteiger partial charge is 0.364 e. The van der Waals surface area contributed by atoms with Crippen molar-refractivity contribution in [3.05, 3.63) is 29.3 Å². The standard InChI is InChI=1S/C15H21NO2S/c1-3-6-15(10-16-7-8-18-15)14(17)12-5-4-11(2)9-13(12)19/h4-5,9,16,19H,3,6-8,10H2,1-2H3. The third-order valence-corrected chi connectivity index (χ3v) is 3.90. The highest BCUT2D eigenvalue weighted by molar-refractivity contribution is 7.80. The number of Topliss-reactive ketones (excluding diaryl/α,β-unsaturated/α-hetero) is 1. The molecule has 104 valence electrons. The molecule has 3 nitrogen and oxygen atoms in total. The van der Waals surface area contributed by atoms with E-state index in [1.54, 1.807) is 0 Å². The normalized spacial score (nSPS) is 23.3. The first kappa shape index (κ1) is 14.6. The van der Waals surface area contributed by atoms with Crippen LogP contribution in [-0.4, -0.2) is 31.1 Å². The fraction of sp³-hybridized carbons (Fsp3) is 0.533. The summed E-state index contributed by atoms with van der Waals surface area (Å²) in [6.07, 6.45) is 1.65. The summed E-state index contributed by atoms with van der Waals surface area (Å²) in [5, 5.41) is 3.27. The van der Waals surface area contributed by atoms with Crippen LogP contribution < -0.4 is 5.32 Å². The van der Waals surface area contributed by atoms with Gasteiger partial charge in [0.05, 0.1) is 6.61 Å². The molecule has 0 radical (unpaired) electrons. The van der Waals surface area contributed by atoms with Crippen LogP contribution in [0.25, 0.3) is 0 Å². The number of rotatable bonds is 4. The van der Waals surface area contributed by atoms with Gasteiger partial charge >= 0.3 is 0 Å². The van der Waals surface area contributed by atoms with Gasteiger partial charge in [-0.05, 0) is 31.0 Å². The number of thiol groups is 1. The van der Waals surface area contributed by atoms with Gasteiger partial charge in [-0.25, -0.2) is 0 Å². The molecule has 0 bridgehead atoms. The van der Waals surface area contributed by atoms with E-state index in [0.717, 1.165) is 29.8 Å². The first-order chi connectivity index (χ1) is 9.09. The Bertz CT molecular complexity index is 462. The van der Waals surface area contributed by atoms with Gasteiger partial charge in [-0.1, -0.05) is 19.4 Å². The van der Waals surface area contributed by atoms with E-state index in [-0.39, 0.29) is 5.78 Å². The molecule has 1 aliphatic heterocycles. The third kappa shape index (κ3) is 3.02. The molecule has 1 unspecified atom stereocenters. The Morgan fingerprint density at radius 2 is 2.32 bits per heavy atom. The minimum atomic E-state index is -0.722. The van der Waals surface area contributed by atoms with E-state index < -0.39 is 5.60 Å². The maximum absolute atomic E-state index is 12.8. The number of nitrogens with one attached hydrogen (secondary N) is 1. The van der Waals surface area contributed by atoms with Gasteiger partial charge in [-0.2, -0.15) is 0 Å². The number of ketones is 1. The van der Waals surface area contributed by atoms with Crippen molar-refractivity contribution in [3.63, 3.8) is 0 Å². The molecular weight excluding hydrogens is 258 g/mol. The van der Waals surface area contributed by atoms with Crippen molar-refractivity contribution in [1.82, 2.24) is 5.32 Å². The Labute approximate surface area is 120 Å². The molecule has 1 fully saturated rings. The summed E-state index contributed by atoms with van der Waals surface area (Å²) in [5.74, 6) is 0.0477. The number of morpholine rings is 1. The Morgan fingerprint density at radius 1 is 1.53 bits per heavy atom. The summed E-state index contributed by atoms with van der Waals surface area (Å²) >= 11 is 4.44. The molecule has 1 N–H and O–H groups in total. The summed E-state index contributed by atoms with van der Waals surface area (Å²) in [6, 6.07) is 5.73. The van der Waals surface area contributed by atoms with E-state index in [4.69, 9.17) is 4.74 Å². The monoisotopic (exact) mass is 279 g/mol. The SMILES string of the molecule is CCCC1(C(=O)c2ccc(C)cc2S)CNCCO1. The highest BCUT2D eigenvalue weighted by Crippen LogP contribution is 2.28. The Balaban J connectivity index is 2.33. The Morgan fingerprint density at radius 3 is 2.89 bits per heavy atom. The van der Waals surface area contributed by atoms with Crippen LogP contribution in [0, 0.1) is 6.92 Å². The molecule has 0 aliphatic carbocycles. The molecule has 1 aliphatic rings. The molecule has 1 aromatic carbocycles. The van der Waals surface area contributed by atoms with E-state index in [1.807, 2.05) is 25.1 Å². The van der Waals surface area contributed by atoms with Crippen molar-refractivity contribution in [1.29, 1.82) is 0 Å². The average Bonchev–Trinajstić information content (AvgIpc) is 2.39. The molecule has 19 heavy (non-hydrogen) atoms. The second kappa shape index (κ2) is 6.07. The lowest BCUT2D eigenvalue weighted by Gasteiger charge is -2.36. The van der Waals surface area contributed by atoms with Crippen molar-refractivity contribution in [2.45, 2.75) is 37.2 Å². The highest BCUT2D eigenvalue weighted by atomic mass is 32.1. The summed E-state index contributed by atoms with van der Waals surface area (Å²) in [6.45, 7) is 6.04. The average molecular weight is 279 g/mol. The number of carbonyl (C=O) groups is 1. The predicted octanol–water partition coefficient (Wildman–Crippen LogP) is 2.63. The molecule has 1 atom stereocenters. The fourth-order valence-corrected chi connectivity index (χ4v) is 2.94. The smallest absolute Gasteiger partial charge is 0.197 e. The molecule has 0 spiro atoms. The van der Waals surface area contributed by atoms with Crippen LogP contribution in [0.3, 0.4) is 0 Å². The molecule has 4 heteroatoms. The molecule has 1 aromatic rings. The second-order valence-electron chi connectivity index (χ2n) is 5.12. The number of benzene rings is 1. The van der Waals surface area contributed by atoms with E-state index in [2.05, 4.69) is 24.9 Å². The van der Waals surface area contributed by atoms with Gasteiger partial charge in [0.1, 0.15) is 5.60 Å². The maximum atomic E-state index is 12.8. The molecule has 1 saturated heterocycles. The van der Waals surface area contributed by atoms with Crippen LogP contribution in [-0.2, 0) is 4.74 Å². The maximum Gasteiger partial charge on any atom is 0.197 e. The van der Waals surface area contributed by atoms with Crippen LogP contribution in [0.2, 0.25) is 0 Å². The predicted molar refractivity (Wildman–Crippen MR) is 79.2 cm³/mol. The molecule has 0 amide bonds. The summed E-state index contributed by atoms with van der Waals surface area (Å²) in [7, 11) is 0. The van der Waals surface area contributed by atoms with Gasteiger partial charge in [0, 0.05) is 23.5 Å². The van der Waals surface area contributed by atoms with Gasteiger partial charge in [0.15, 0.2) is 5.78 Å². The van der Waals surface area contributed by atoms with Crippen LogP contribution in [0.5, 0.6) is 0 Å². The van der Waals surface area contributed by atoms with E-state index in [9.17, 15) is 4.79 Å². The topological polar surface area (TPSA) is 38.3 Å². The summed E-state index contributed by atoms with van der Waals surface area (Å²) < 4.78 is 5.86. The molecule has 2 rings (SSSR count). The van der Waals surface area contributed by atoms with E-state index in [1.165, 1.54) is 0 Å². The number of carbonyl (C=O) groups excluding carboxylic acids is 1. The zero-order valence-electron chi connectivity index (χ0n) is 11.5. The van der Waals surface area contributed by atoms with Crippen LogP contribution >= 0.6 is 12.6 Å². The summed E-state index contributed by atoms with van der Waals surface area (Å²) in [4.78, 5) is 13.6. The lowest BCUT2D eigenvalue weighted by Crippen LogP contribution is -2.55. The minimum absolute atomic E-state index is 0.0477. The second-order valence-corrected chi connectivity index (χ2v) is 5.60. The quantitative estimate of drug-likeness (QED) is 0.657. The number of ether oxygens (including phenoxy) is 1. The molecular formula is C15H21NO2S. The van der Waals surface area contributed by atoms with Crippen molar-refractivity contribution in [2.24, 2.45) is 0 Å². The third-order valence-electron chi connectivity index (χ3n) is 3.53. The van der Waals surface area contributed by atoms with Gasteiger partial charge in [-0.3, -0.25) is 4.79 Å². The first-order valence-corrected chi connectivity index (χ1v) is 7.23. The van der Waals surface area contributed by atoms with Crippen LogP contribution in [0.4, 0.5) is 0 Å². The van der Waals surface area contributed by atoms with E-state index >= 15 is 0 Å². The van der Waals surface area contributed by atoms with Crippen molar-refractivity contribution in [3.8, 4) is 0 Å². The minimum Gasteiger partial charge on any atom is -0.364 e. The van der Waals surface area contributed by atoms with Crippen molar-refractivity contribution < 1.29 is 9.53 Å². The van der Waals surface area contributed by atoms with Gasteiger partial charge in [0.25, 0.3) is 0 Å². The lowest BCUT2D eigenvalue weighted by atomic mass is 9.87. The zero-order chi connectivity index (χ0) is 13.9. The zero-order valence-corrected chi connectivity index (χ0v) is 12.4. The number of aryl methyl sites for hydroxylation is 1. The van der Waals surface area contributed by atoms with Gasteiger partial charge in [-0.15, -0.1) is 12.6 Å². The Hall–Kier alpha value is -0.840. The first-order valence-electron chi connectivity index (χ1n) is 6.78. The highest BCUT2D eigenvalue weighted by Gasteiger charge is 2.41. The summed E-state index contributed by atoms with van der Waals surface area (Å²) in [5.41, 5.74) is 1.04. The molecule has 0 saturated carbocycles. The number of hydrogen-bond acceptors (Lipinski definition) is 4. The van der Waals surface area contributed by atoms with Crippen molar-refractivity contribution in [2.75, 3.05) is 19.7 Å². The van der Waals surface area contributed by atoms with Gasteiger partial charge < -0.3 is 10.1 Å². The van der Waals surface area contributed by atoms with E-state index in [0.29, 0.717) is 18.7 Å². The van der Waals surface area contributed by atoms with Crippen LogP contribution in [0.15, 0.2) is 23.1 Å². The van der Waals surface area contributed by atoms with Crippen molar-refractivity contribution >= 4 is 18.4 Å². The molecule has 1 heterocycles.